The number of amides is 1. The molecule has 1 saturated heterocycles. The molecule has 0 unspecified atom stereocenters. The van der Waals surface area contributed by atoms with Gasteiger partial charge in [0.2, 0.25) is 5.91 Å². The van der Waals surface area contributed by atoms with E-state index in [1.807, 2.05) is 70.2 Å². The van der Waals surface area contributed by atoms with Crippen molar-refractivity contribution in [3.63, 3.8) is 0 Å². The zero-order chi connectivity index (χ0) is 21.2. The second-order valence-electron chi connectivity index (χ2n) is 7.39. The Morgan fingerprint density at radius 1 is 0.935 bits per heavy atom. The molecule has 1 fully saturated rings. The molecule has 1 atom stereocenters. The Kier molecular flexibility index (Phi) is 5.66. The second kappa shape index (κ2) is 8.73. The van der Waals surface area contributed by atoms with Gasteiger partial charge in [-0.15, -0.1) is 11.8 Å². The maximum absolute atomic E-state index is 12.8. The normalized spacial score (nSPS) is 16.1. The molecule has 1 aliphatic rings. The Morgan fingerprint density at radius 3 is 2.32 bits per heavy atom. The summed E-state index contributed by atoms with van der Waals surface area (Å²) in [5.74, 6) is 0.640. The largest absolute Gasteiger partial charge is 0.321 e. The van der Waals surface area contributed by atoms with Crippen LogP contribution in [0, 0.1) is 0 Å². The van der Waals surface area contributed by atoms with Gasteiger partial charge in [0.1, 0.15) is 5.37 Å². The Morgan fingerprint density at radius 2 is 1.61 bits per heavy atom. The van der Waals surface area contributed by atoms with Crippen molar-refractivity contribution >= 4 is 33.6 Å². The van der Waals surface area contributed by atoms with Crippen LogP contribution in [0.3, 0.4) is 0 Å². The van der Waals surface area contributed by atoms with Gasteiger partial charge in [0.25, 0.3) is 0 Å². The molecule has 0 N–H and O–H groups in total. The summed E-state index contributed by atoms with van der Waals surface area (Å²) >= 11 is 5.18. The molecule has 1 aromatic heterocycles. The number of halogens is 1. The van der Waals surface area contributed by atoms with Gasteiger partial charge in [0, 0.05) is 28.3 Å². The van der Waals surface area contributed by atoms with Crippen molar-refractivity contribution in [3.8, 4) is 16.9 Å². The third-order valence-electron chi connectivity index (χ3n) is 5.31. The molecule has 0 bridgehead atoms. The zero-order valence-corrected chi connectivity index (χ0v) is 19.1. The fraction of sp³-hybridized carbons (Fsp3) is 0.120. The monoisotopic (exact) mass is 489 g/mol. The van der Waals surface area contributed by atoms with E-state index in [9.17, 15) is 4.79 Å². The number of nitrogens with zero attached hydrogens (tertiary/aromatic N) is 3. The van der Waals surface area contributed by atoms with Gasteiger partial charge in [-0.2, -0.15) is 5.10 Å². The van der Waals surface area contributed by atoms with Crippen LogP contribution in [0.2, 0.25) is 0 Å². The Labute approximate surface area is 194 Å². The van der Waals surface area contributed by atoms with Crippen molar-refractivity contribution in [2.75, 3.05) is 5.75 Å². The maximum Gasteiger partial charge on any atom is 0.234 e. The molecule has 1 aliphatic heterocycles. The van der Waals surface area contributed by atoms with Crippen LogP contribution < -0.4 is 0 Å². The van der Waals surface area contributed by atoms with Gasteiger partial charge >= 0.3 is 0 Å². The number of carbonyl (C=O) groups excluding carboxylic acids is 1. The average molecular weight is 490 g/mol. The number of para-hydroxylation sites is 1. The van der Waals surface area contributed by atoms with Crippen molar-refractivity contribution in [2.24, 2.45) is 0 Å². The zero-order valence-electron chi connectivity index (χ0n) is 16.7. The first kappa shape index (κ1) is 20.1. The highest BCUT2D eigenvalue weighted by atomic mass is 79.9. The van der Waals surface area contributed by atoms with E-state index >= 15 is 0 Å². The molecule has 4 aromatic rings. The molecule has 6 heteroatoms. The minimum atomic E-state index is -0.0798. The third-order valence-corrected chi connectivity index (χ3v) is 7.08. The van der Waals surface area contributed by atoms with E-state index in [0.717, 1.165) is 32.5 Å². The summed E-state index contributed by atoms with van der Waals surface area (Å²) in [6.07, 6.45) is 2.07. The van der Waals surface area contributed by atoms with Gasteiger partial charge in [-0.05, 0) is 29.8 Å². The van der Waals surface area contributed by atoms with Gasteiger partial charge < -0.3 is 4.90 Å². The van der Waals surface area contributed by atoms with Crippen molar-refractivity contribution < 1.29 is 4.79 Å². The lowest BCUT2D eigenvalue weighted by atomic mass is 10.1. The Balaban J connectivity index is 1.58. The highest BCUT2D eigenvalue weighted by Crippen LogP contribution is 2.43. The van der Waals surface area contributed by atoms with Crippen molar-refractivity contribution in [1.29, 1.82) is 0 Å². The molecule has 0 aliphatic carbocycles. The van der Waals surface area contributed by atoms with Crippen LogP contribution in [0.1, 0.15) is 16.5 Å². The quantitative estimate of drug-likeness (QED) is 0.341. The van der Waals surface area contributed by atoms with E-state index in [2.05, 4.69) is 46.4 Å². The third kappa shape index (κ3) is 4.18. The maximum atomic E-state index is 12.8. The number of thioether (sulfide) groups is 1. The number of hydrogen-bond acceptors (Lipinski definition) is 3. The van der Waals surface area contributed by atoms with Crippen molar-refractivity contribution in [3.05, 3.63) is 107 Å². The van der Waals surface area contributed by atoms with Gasteiger partial charge in [-0.1, -0.05) is 76.6 Å². The van der Waals surface area contributed by atoms with Gasteiger partial charge in [-0.25, -0.2) is 4.68 Å². The summed E-state index contributed by atoms with van der Waals surface area (Å²) in [4.78, 5) is 14.8. The molecule has 154 valence electrons. The van der Waals surface area contributed by atoms with Crippen LogP contribution >= 0.6 is 27.7 Å². The second-order valence-corrected chi connectivity index (χ2v) is 9.37. The van der Waals surface area contributed by atoms with Crippen molar-refractivity contribution in [1.82, 2.24) is 14.7 Å². The molecular weight excluding hydrogens is 470 g/mol. The topological polar surface area (TPSA) is 38.1 Å². The predicted molar refractivity (Wildman–Crippen MR) is 129 cm³/mol. The summed E-state index contributed by atoms with van der Waals surface area (Å²) in [6.45, 7) is 0.591. The molecule has 5 rings (SSSR count). The molecule has 3 aromatic carbocycles. The van der Waals surface area contributed by atoms with Crippen LogP contribution in [0.25, 0.3) is 16.9 Å². The fourth-order valence-electron chi connectivity index (χ4n) is 3.78. The lowest BCUT2D eigenvalue weighted by molar-refractivity contribution is -0.128. The van der Waals surface area contributed by atoms with Crippen LogP contribution in [0.5, 0.6) is 0 Å². The average Bonchev–Trinajstić information content (AvgIpc) is 3.40. The Bertz CT molecular complexity index is 1190. The highest BCUT2D eigenvalue weighted by molar-refractivity contribution is 9.10. The molecule has 0 radical (unpaired) electrons. The Hall–Kier alpha value is -2.83. The summed E-state index contributed by atoms with van der Waals surface area (Å²) in [5, 5.41) is 4.86. The molecule has 4 nitrogen and oxygen atoms in total. The van der Waals surface area contributed by atoms with Crippen LogP contribution in [-0.2, 0) is 11.3 Å². The minimum absolute atomic E-state index is 0.0798. The van der Waals surface area contributed by atoms with E-state index in [0.29, 0.717) is 12.3 Å². The lowest BCUT2D eigenvalue weighted by Gasteiger charge is -2.24. The number of aromatic nitrogens is 2. The number of benzene rings is 3. The number of carbonyl (C=O) groups is 1. The number of hydrogen-bond donors (Lipinski definition) is 0. The summed E-state index contributed by atoms with van der Waals surface area (Å²) < 4.78 is 2.94. The standard InChI is InChI=1S/C25H20BrN3OS/c26-20-13-11-19(12-14-20)24-22(16-29(27-24)21-9-5-2-6-10-21)25-28(23(30)17-31-25)15-18-7-3-1-4-8-18/h1-14,16,25H,15,17H2/t25-/m0/s1. The lowest BCUT2D eigenvalue weighted by Crippen LogP contribution is -2.27. The molecule has 0 spiro atoms. The number of rotatable bonds is 5. The van der Waals surface area contributed by atoms with E-state index in [1.165, 1.54) is 0 Å². The molecular formula is C25H20BrN3OS. The molecule has 1 amide bonds. The van der Waals surface area contributed by atoms with Crippen LogP contribution in [0.4, 0.5) is 0 Å². The van der Waals surface area contributed by atoms with Gasteiger partial charge in [0.15, 0.2) is 0 Å². The van der Waals surface area contributed by atoms with E-state index < -0.39 is 0 Å². The first-order chi connectivity index (χ1) is 15.2. The first-order valence-corrected chi connectivity index (χ1v) is 11.9. The fourth-order valence-corrected chi connectivity index (χ4v) is 5.23. The van der Waals surface area contributed by atoms with Crippen molar-refractivity contribution in [2.45, 2.75) is 11.9 Å². The van der Waals surface area contributed by atoms with Gasteiger partial charge in [-0.3, -0.25) is 4.79 Å². The van der Waals surface area contributed by atoms with Crippen LogP contribution in [0.15, 0.2) is 95.6 Å². The summed E-state index contributed by atoms with van der Waals surface area (Å²) in [7, 11) is 0. The predicted octanol–water partition coefficient (Wildman–Crippen LogP) is 6.08. The molecule has 2 heterocycles. The molecule has 0 saturated carbocycles. The summed E-state index contributed by atoms with van der Waals surface area (Å²) in [6, 6.07) is 28.4. The van der Waals surface area contributed by atoms with Gasteiger partial charge in [0.05, 0.1) is 17.1 Å². The van der Waals surface area contributed by atoms with Crippen LogP contribution in [-0.4, -0.2) is 26.3 Å². The minimum Gasteiger partial charge on any atom is -0.321 e. The SMILES string of the molecule is O=C1CS[C@@H](c2cn(-c3ccccc3)nc2-c2ccc(Br)cc2)N1Cc1ccccc1. The molecule has 31 heavy (non-hydrogen) atoms. The summed E-state index contributed by atoms with van der Waals surface area (Å²) in [5.41, 5.74) is 5.12. The van der Waals surface area contributed by atoms with E-state index in [1.54, 1.807) is 11.8 Å². The van der Waals surface area contributed by atoms with E-state index in [-0.39, 0.29) is 11.3 Å². The highest BCUT2D eigenvalue weighted by Gasteiger charge is 2.35. The smallest absolute Gasteiger partial charge is 0.234 e. The first-order valence-electron chi connectivity index (χ1n) is 10.0. The van der Waals surface area contributed by atoms with E-state index in [4.69, 9.17) is 5.10 Å².